The average Bonchev–Trinajstić information content (AvgIpc) is 3.08. The molecule has 1 amide bonds. The number of carbonyl (C=O) groups excluding carboxylic acids is 1. The first-order chi connectivity index (χ1) is 11.9. The van der Waals surface area contributed by atoms with E-state index in [0.717, 1.165) is 30.8 Å². The summed E-state index contributed by atoms with van der Waals surface area (Å²) in [5, 5.41) is 4.52. The van der Waals surface area contributed by atoms with Crippen LogP contribution >= 0.6 is 0 Å². The lowest BCUT2D eigenvalue weighted by molar-refractivity contribution is -0.129. The Balaban J connectivity index is 1.70. The second-order valence-electron chi connectivity index (χ2n) is 6.94. The van der Waals surface area contributed by atoms with Gasteiger partial charge in [0.25, 0.3) is 0 Å². The SMILES string of the molecule is Cc1ccc(-n2cc(C3=CCN(CC(=O)N(C)C)CC3)cn2)cc1C. The van der Waals surface area contributed by atoms with E-state index in [1.165, 1.54) is 16.7 Å². The Morgan fingerprint density at radius 1 is 1.24 bits per heavy atom. The summed E-state index contributed by atoms with van der Waals surface area (Å²) >= 11 is 0. The molecule has 0 fully saturated rings. The number of hydrogen-bond acceptors (Lipinski definition) is 3. The van der Waals surface area contributed by atoms with E-state index in [2.05, 4.69) is 54.3 Å². The average molecular weight is 338 g/mol. The maximum absolute atomic E-state index is 11.8. The summed E-state index contributed by atoms with van der Waals surface area (Å²) in [6.45, 7) is 6.44. The summed E-state index contributed by atoms with van der Waals surface area (Å²) in [4.78, 5) is 15.7. The van der Waals surface area contributed by atoms with Gasteiger partial charge in [-0.25, -0.2) is 4.68 Å². The quantitative estimate of drug-likeness (QED) is 0.861. The van der Waals surface area contributed by atoms with Gasteiger partial charge in [-0.2, -0.15) is 5.10 Å². The molecule has 1 aromatic carbocycles. The van der Waals surface area contributed by atoms with Gasteiger partial charge in [0.2, 0.25) is 5.91 Å². The molecule has 1 aliphatic heterocycles. The molecule has 0 saturated heterocycles. The Morgan fingerprint density at radius 2 is 2.04 bits per heavy atom. The van der Waals surface area contributed by atoms with Gasteiger partial charge in [0.15, 0.2) is 0 Å². The minimum atomic E-state index is 0.152. The highest BCUT2D eigenvalue weighted by Crippen LogP contribution is 2.23. The molecule has 5 nitrogen and oxygen atoms in total. The monoisotopic (exact) mass is 338 g/mol. The van der Waals surface area contributed by atoms with Crippen LogP contribution < -0.4 is 0 Å². The number of benzene rings is 1. The summed E-state index contributed by atoms with van der Waals surface area (Å²) in [5.74, 6) is 0.152. The zero-order valence-electron chi connectivity index (χ0n) is 15.5. The number of carbonyl (C=O) groups is 1. The van der Waals surface area contributed by atoms with E-state index in [0.29, 0.717) is 6.54 Å². The van der Waals surface area contributed by atoms with Crippen LogP contribution in [0.2, 0.25) is 0 Å². The lowest BCUT2D eigenvalue weighted by Gasteiger charge is -2.26. The Morgan fingerprint density at radius 3 is 2.68 bits per heavy atom. The third kappa shape index (κ3) is 3.99. The van der Waals surface area contributed by atoms with Crippen LogP contribution in [0.15, 0.2) is 36.7 Å². The number of aromatic nitrogens is 2. The molecule has 2 heterocycles. The highest BCUT2D eigenvalue weighted by atomic mass is 16.2. The molecule has 132 valence electrons. The van der Waals surface area contributed by atoms with E-state index in [-0.39, 0.29) is 5.91 Å². The summed E-state index contributed by atoms with van der Waals surface area (Å²) in [6, 6.07) is 6.39. The molecule has 0 atom stereocenters. The van der Waals surface area contributed by atoms with Crippen molar-refractivity contribution in [3.05, 3.63) is 53.4 Å². The fraction of sp³-hybridized carbons (Fsp3) is 0.400. The topological polar surface area (TPSA) is 41.4 Å². The standard InChI is InChI=1S/C20H26N4O/c1-15-5-6-19(11-16(15)2)24-13-18(12-21-24)17-7-9-23(10-8-17)14-20(25)22(3)4/h5-7,11-13H,8-10,14H2,1-4H3. The van der Waals surface area contributed by atoms with Crippen LogP contribution in [0, 0.1) is 13.8 Å². The molecule has 1 aliphatic rings. The van der Waals surface area contributed by atoms with Crippen molar-refractivity contribution in [1.82, 2.24) is 19.6 Å². The molecule has 0 saturated carbocycles. The minimum Gasteiger partial charge on any atom is -0.348 e. The highest BCUT2D eigenvalue weighted by molar-refractivity contribution is 5.78. The van der Waals surface area contributed by atoms with E-state index in [4.69, 9.17) is 0 Å². The Bertz CT molecular complexity index is 804. The lowest BCUT2D eigenvalue weighted by Crippen LogP contribution is -2.38. The molecule has 3 rings (SSSR count). The van der Waals surface area contributed by atoms with Crippen molar-refractivity contribution in [1.29, 1.82) is 0 Å². The first kappa shape index (κ1) is 17.4. The van der Waals surface area contributed by atoms with E-state index >= 15 is 0 Å². The molecule has 1 aromatic heterocycles. The number of amides is 1. The van der Waals surface area contributed by atoms with Crippen LogP contribution in [0.5, 0.6) is 0 Å². The summed E-state index contributed by atoms with van der Waals surface area (Å²) < 4.78 is 1.94. The van der Waals surface area contributed by atoms with E-state index < -0.39 is 0 Å². The molecular weight excluding hydrogens is 312 g/mol. The van der Waals surface area contributed by atoms with Gasteiger partial charge in [0.1, 0.15) is 0 Å². The molecule has 0 unspecified atom stereocenters. The predicted octanol–water partition coefficient (Wildman–Crippen LogP) is 2.67. The normalized spacial score (nSPS) is 15.1. The number of rotatable bonds is 4. The maximum atomic E-state index is 11.8. The molecular formula is C20H26N4O. The second kappa shape index (κ2) is 7.23. The number of nitrogens with zero attached hydrogens (tertiary/aromatic N) is 4. The first-order valence-electron chi connectivity index (χ1n) is 8.68. The lowest BCUT2D eigenvalue weighted by atomic mass is 10.0. The third-order valence-corrected chi connectivity index (χ3v) is 4.86. The van der Waals surface area contributed by atoms with Crippen molar-refractivity contribution < 1.29 is 4.79 Å². The molecule has 2 aromatic rings. The van der Waals surface area contributed by atoms with Crippen molar-refractivity contribution in [2.45, 2.75) is 20.3 Å². The van der Waals surface area contributed by atoms with Crippen LogP contribution in [0.4, 0.5) is 0 Å². The number of hydrogen-bond donors (Lipinski definition) is 0. The molecule has 0 aliphatic carbocycles. The fourth-order valence-electron chi connectivity index (χ4n) is 2.95. The zero-order chi connectivity index (χ0) is 18.0. The van der Waals surface area contributed by atoms with Gasteiger partial charge in [0, 0.05) is 38.9 Å². The van der Waals surface area contributed by atoms with Gasteiger partial charge < -0.3 is 4.90 Å². The van der Waals surface area contributed by atoms with Gasteiger partial charge in [-0.15, -0.1) is 0 Å². The predicted molar refractivity (Wildman–Crippen MR) is 101 cm³/mol. The summed E-state index contributed by atoms with van der Waals surface area (Å²) in [6.07, 6.45) is 7.19. The van der Waals surface area contributed by atoms with Crippen molar-refractivity contribution in [3.63, 3.8) is 0 Å². The van der Waals surface area contributed by atoms with Crippen molar-refractivity contribution >= 4 is 11.5 Å². The van der Waals surface area contributed by atoms with Gasteiger partial charge in [0.05, 0.1) is 18.4 Å². The van der Waals surface area contributed by atoms with Crippen LogP contribution in [-0.2, 0) is 4.79 Å². The molecule has 0 radical (unpaired) electrons. The van der Waals surface area contributed by atoms with Crippen molar-refractivity contribution in [2.24, 2.45) is 0 Å². The van der Waals surface area contributed by atoms with Crippen LogP contribution in [0.25, 0.3) is 11.3 Å². The van der Waals surface area contributed by atoms with Crippen molar-refractivity contribution in [3.8, 4) is 5.69 Å². The van der Waals surface area contributed by atoms with Gasteiger partial charge >= 0.3 is 0 Å². The fourth-order valence-corrected chi connectivity index (χ4v) is 2.95. The number of aryl methyl sites for hydroxylation is 2. The zero-order valence-corrected chi connectivity index (χ0v) is 15.5. The van der Waals surface area contributed by atoms with E-state index in [9.17, 15) is 4.79 Å². The Labute approximate surface area is 149 Å². The summed E-state index contributed by atoms with van der Waals surface area (Å²) in [5.41, 5.74) is 6.12. The van der Waals surface area contributed by atoms with Gasteiger partial charge in [-0.3, -0.25) is 9.69 Å². The van der Waals surface area contributed by atoms with Crippen molar-refractivity contribution in [2.75, 3.05) is 33.7 Å². The smallest absolute Gasteiger partial charge is 0.236 e. The molecule has 0 bridgehead atoms. The maximum Gasteiger partial charge on any atom is 0.236 e. The molecule has 0 N–H and O–H groups in total. The number of likely N-dealkylation sites (N-methyl/N-ethyl adjacent to an activating group) is 1. The Hall–Kier alpha value is -2.40. The third-order valence-electron chi connectivity index (χ3n) is 4.86. The van der Waals surface area contributed by atoms with Crippen LogP contribution in [0.1, 0.15) is 23.1 Å². The first-order valence-corrected chi connectivity index (χ1v) is 8.68. The minimum absolute atomic E-state index is 0.152. The second-order valence-corrected chi connectivity index (χ2v) is 6.94. The van der Waals surface area contributed by atoms with Crippen LogP contribution in [0.3, 0.4) is 0 Å². The van der Waals surface area contributed by atoms with Crippen LogP contribution in [-0.4, -0.2) is 59.2 Å². The van der Waals surface area contributed by atoms with E-state index in [1.54, 1.807) is 19.0 Å². The summed E-state index contributed by atoms with van der Waals surface area (Å²) in [7, 11) is 3.60. The highest BCUT2D eigenvalue weighted by Gasteiger charge is 2.17. The largest absolute Gasteiger partial charge is 0.348 e. The molecule has 25 heavy (non-hydrogen) atoms. The van der Waals surface area contributed by atoms with E-state index in [1.807, 2.05) is 10.9 Å². The Kier molecular flexibility index (Phi) is 5.04. The van der Waals surface area contributed by atoms with Gasteiger partial charge in [-0.05, 0) is 49.1 Å². The van der Waals surface area contributed by atoms with Gasteiger partial charge in [-0.1, -0.05) is 12.1 Å². The molecule has 0 spiro atoms. The molecule has 5 heteroatoms.